The largest absolute Gasteiger partial charge is 0.481 e. The van der Waals surface area contributed by atoms with Crippen molar-refractivity contribution in [1.29, 1.82) is 0 Å². The van der Waals surface area contributed by atoms with Crippen LogP contribution in [0.25, 0.3) is 0 Å². The molecule has 0 saturated carbocycles. The van der Waals surface area contributed by atoms with Crippen LogP contribution in [0.1, 0.15) is 64.7 Å². The van der Waals surface area contributed by atoms with Crippen LogP contribution in [0.3, 0.4) is 0 Å². The maximum absolute atomic E-state index is 12.7. The van der Waals surface area contributed by atoms with Gasteiger partial charge in [-0.15, -0.1) is 0 Å². The number of aliphatic hydroxyl groups is 4. The number of ether oxygens (including phenoxy) is 12. The molecule has 0 aromatic rings. The third-order valence-electron chi connectivity index (χ3n) is 15.3. The fraction of sp³-hybridized carbons (Fsp3) is 0.859. The Kier molecular flexibility index (Phi) is 79.0. The smallest absolute Gasteiger partial charge is 0.317 e. The lowest BCUT2D eigenvalue weighted by atomic mass is 10.2. The summed E-state index contributed by atoms with van der Waals surface area (Å²) in [6.45, 7) is 16.1. The summed E-state index contributed by atoms with van der Waals surface area (Å²) < 4.78 is 65.9. The summed E-state index contributed by atoms with van der Waals surface area (Å²) in [5.74, 6) is -5.20. The van der Waals surface area contributed by atoms with E-state index in [1.54, 1.807) is 14.7 Å². The highest BCUT2D eigenvalue weighted by Crippen LogP contribution is 2.03. The molecule has 112 heavy (non-hydrogen) atoms. The third kappa shape index (κ3) is 79.4. The van der Waals surface area contributed by atoms with Gasteiger partial charge >= 0.3 is 23.9 Å². The molecule has 0 bridgehead atoms. The summed E-state index contributed by atoms with van der Waals surface area (Å²) in [7, 11) is 0. The van der Waals surface area contributed by atoms with Crippen molar-refractivity contribution in [2.24, 2.45) is 5.73 Å². The lowest BCUT2D eigenvalue weighted by molar-refractivity contribution is -0.139. The highest BCUT2D eigenvalue weighted by Gasteiger charge is 2.18. The lowest BCUT2D eigenvalue weighted by Gasteiger charge is -2.22. The number of amides is 4. The number of rotatable bonds is 86. The van der Waals surface area contributed by atoms with Gasteiger partial charge in [-0.3, -0.25) is 77.3 Å². The minimum absolute atomic E-state index is 0.0209. The number of carboxylic acids is 4. The Balaban J connectivity index is 0. The van der Waals surface area contributed by atoms with Crippen LogP contribution in [0.4, 0.5) is 0 Å². The molecule has 0 spiro atoms. The minimum Gasteiger partial charge on any atom is -0.481 e. The number of aliphatic carboxylic acids is 4. The molecule has 0 fully saturated rings. The van der Waals surface area contributed by atoms with E-state index >= 15 is 0 Å². The Labute approximate surface area is 659 Å². The first kappa shape index (κ1) is 108. The van der Waals surface area contributed by atoms with Crippen LogP contribution >= 0.6 is 0 Å². The van der Waals surface area contributed by atoms with Crippen LogP contribution in [0.15, 0.2) is 0 Å². The third-order valence-corrected chi connectivity index (χ3v) is 15.3. The molecule has 0 aliphatic heterocycles. The first-order valence-electron chi connectivity index (χ1n) is 38.6. The number of ketones is 2. The van der Waals surface area contributed by atoms with Crippen molar-refractivity contribution in [2.75, 3.05) is 336 Å². The number of nitrogens with two attached hydrogens (primary N) is 1. The van der Waals surface area contributed by atoms with E-state index in [4.69, 9.17) is 93.2 Å². The van der Waals surface area contributed by atoms with Gasteiger partial charge in [-0.1, -0.05) is 6.92 Å². The predicted octanol–water partition coefficient (Wildman–Crippen LogP) is -5.62. The molecule has 0 aromatic heterocycles. The van der Waals surface area contributed by atoms with Crippen molar-refractivity contribution in [2.45, 2.75) is 64.7 Å². The summed E-state index contributed by atoms with van der Waals surface area (Å²) >= 11 is 0. The van der Waals surface area contributed by atoms with Crippen LogP contribution in [0, 0.1) is 0 Å². The second-order valence-corrected chi connectivity index (χ2v) is 24.9. The maximum atomic E-state index is 12.7. The van der Waals surface area contributed by atoms with Gasteiger partial charge in [-0.05, 0) is 19.3 Å². The molecule has 0 aromatic carbocycles. The topological polar surface area (TPSA) is 537 Å². The predicted molar refractivity (Wildman–Crippen MR) is 406 cm³/mol. The molecule has 0 aliphatic carbocycles. The van der Waals surface area contributed by atoms with Crippen LogP contribution in [0.5, 0.6) is 0 Å². The van der Waals surface area contributed by atoms with Gasteiger partial charge in [-0.25, -0.2) is 0 Å². The average Bonchev–Trinajstić information content (AvgIpc) is 0.983. The molecule has 0 heterocycles. The van der Waals surface area contributed by atoms with Crippen molar-refractivity contribution in [3.63, 3.8) is 0 Å². The van der Waals surface area contributed by atoms with E-state index in [1.165, 1.54) is 0 Å². The monoisotopic (exact) mass is 1620 g/mol. The van der Waals surface area contributed by atoms with Crippen molar-refractivity contribution >= 4 is 59.1 Å². The molecule has 14 N–H and O–H groups in total. The van der Waals surface area contributed by atoms with Gasteiger partial charge in [0.2, 0.25) is 23.6 Å². The highest BCUT2D eigenvalue weighted by atomic mass is 16.5. The van der Waals surface area contributed by atoms with E-state index in [0.29, 0.717) is 184 Å². The number of Topliss-reactive ketones (excluding diaryl/α,β-unsaturated/α-hetero) is 2. The van der Waals surface area contributed by atoms with Gasteiger partial charge < -0.3 is 125 Å². The Morgan fingerprint density at radius 1 is 0.259 bits per heavy atom. The van der Waals surface area contributed by atoms with E-state index in [9.17, 15) is 58.2 Å². The number of nitrogens with one attached hydrogen (secondary N) is 4. The number of hydrogen-bond acceptors (Lipinski definition) is 33. The number of nitrogens with zero attached hydrogens (tertiary/aromatic N) is 6. The fourth-order valence-corrected chi connectivity index (χ4v) is 9.62. The van der Waals surface area contributed by atoms with Gasteiger partial charge in [0.1, 0.15) is 11.6 Å². The van der Waals surface area contributed by atoms with Gasteiger partial charge in [0, 0.05) is 157 Å². The normalized spacial score (nSPS) is 11.5. The number of carbonyl (C=O) groups excluding carboxylic acids is 6. The fourth-order valence-electron chi connectivity index (χ4n) is 9.62. The van der Waals surface area contributed by atoms with Crippen molar-refractivity contribution in [1.82, 2.24) is 50.7 Å². The van der Waals surface area contributed by atoms with Gasteiger partial charge in [0.25, 0.3) is 0 Å². The SMILES string of the molecule is CCCOCCN(CCOCCO)CC(=O)CCCOCCN(CCOCCNC(=O)CN(CCOCCN)CCOCCO)CC(=O)O.O=C(O)CCC(=O)NCCOCCN(CCOCCO)CC(=O)CCCOCCN(CCOCCNC(=O)CN(CCOCCO)CCOCCNC(=O)CCC(=O)O)CC(=O)O. The Morgan fingerprint density at radius 3 is 0.741 bits per heavy atom. The van der Waals surface area contributed by atoms with Crippen molar-refractivity contribution in [3.8, 4) is 0 Å². The molecule has 0 rings (SSSR count). The van der Waals surface area contributed by atoms with Crippen molar-refractivity contribution < 1.29 is 146 Å². The van der Waals surface area contributed by atoms with E-state index in [1.807, 2.05) is 21.6 Å². The standard InChI is InChI=1S/C39H72N6O18.C32H65N5O12/c46-16-28-62-26-11-43(10-23-59-19-7-40-34(49)3-5-37(52)53)30-33(48)2-1-18-58-22-14-45(32-39(56)57)15-25-61-21-9-42-36(51)31-44(13-27-63-29-17-47)12-24-60-20-8-41-35(50)4-6-38(54)55;1-2-15-44-19-7-35(8-23-48-25-13-38)27-30(40)4-3-16-45-20-11-37(29-32(42)43)12-22-47-18-6-34-31(41)28-36(9-21-46-17-5-33)10-24-49-26-14-39/h46-47H,1-32H2,(H,40,49)(H,41,50)(H,42,51)(H,52,53)(H,54,55)(H,56,57);38-39H,2-29,33H2,1H3,(H,34,41)(H,42,43). The maximum Gasteiger partial charge on any atom is 0.317 e. The van der Waals surface area contributed by atoms with Crippen LogP contribution < -0.4 is 27.0 Å². The number of aliphatic hydroxyl groups excluding tert-OH is 4. The number of hydrogen-bond donors (Lipinski definition) is 13. The molecule has 4 amide bonds. The zero-order valence-electron chi connectivity index (χ0n) is 66.2. The van der Waals surface area contributed by atoms with Crippen molar-refractivity contribution in [3.05, 3.63) is 0 Å². The van der Waals surface area contributed by atoms with E-state index in [-0.39, 0.29) is 239 Å². The molecule has 0 atom stereocenters. The molecule has 0 radical (unpaired) electrons. The summed E-state index contributed by atoms with van der Waals surface area (Å²) in [6.07, 6.45) is 1.84. The molecule has 41 heteroatoms. The first-order valence-corrected chi connectivity index (χ1v) is 38.6. The van der Waals surface area contributed by atoms with Gasteiger partial charge in [0.05, 0.1) is 217 Å². The molecule has 0 aliphatic rings. The quantitative estimate of drug-likeness (QED) is 0.0253. The van der Waals surface area contributed by atoms with E-state index in [2.05, 4.69) is 21.3 Å². The molecule has 0 unspecified atom stereocenters. The summed E-state index contributed by atoms with van der Waals surface area (Å²) in [6, 6.07) is 0. The molecular weight excluding hydrogens is 1490 g/mol. The van der Waals surface area contributed by atoms with Gasteiger partial charge in [0.15, 0.2) is 0 Å². The Hall–Kier alpha value is -5.82. The Bertz CT molecular complexity index is 2180. The van der Waals surface area contributed by atoms with E-state index in [0.717, 1.165) is 6.42 Å². The summed E-state index contributed by atoms with van der Waals surface area (Å²) in [4.78, 5) is 128. The minimum atomic E-state index is -1.06. The highest BCUT2D eigenvalue weighted by molar-refractivity contribution is 5.82. The molecular formula is C71H137N11O30. The first-order chi connectivity index (χ1) is 54.2. The molecule has 41 nitrogen and oxygen atoms in total. The zero-order chi connectivity index (χ0) is 83.0. The lowest BCUT2D eigenvalue weighted by Crippen LogP contribution is -2.41. The zero-order valence-corrected chi connectivity index (χ0v) is 66.2. The molecule has 656 valence electrons. The Morgan fingerprint density at radius 2 is 0.491 bits per heavy atom. The summed E-state index contributed by atoms with van der Waals surface area (Å²) in [5, 5.41) is 82.3. The number of carbonyl (C=O) groups is 10. The van der Waals surface area contributed by atoms with Crippen LogP contribution in [0.2, 0.25) is 0 Å². The van der Waals surface area contributed by atoms with Gasteiger partial charge in [-0.2, -0.15) is 0 Å². The second-order valence-electron chi connectivity index (χ2n) is 24.9. The summed E-state index contributed by atoms with van der Waals surface area (Å²) in [5.41, 5.74) is 5.44. The second kappa shape index (κ2) is 81.7. The van der Waals surface area contributed by atoms with Crippen LogP contribution in [-0.2, 0) is 105 Å². The number of carboxylic acid groups (broad SMARTS) is 4. The molecule has 0 saturated heterocycles. The van der Waals surface area contributed by atoms with Crippen LogP contribution in [-0.4, -0.2) is 465 Å². The van der Waals surface area contributed by atoms with E-state index < -0.39 is 23.9 Å². The average molecular weight is 1620 g/mol.